The summed E-state index contributed by atoms with van der Waals surface area (Å²) in [7, 11) is 0. The van der Waals surface area contributed by atoms with Gasteiger partial charge in [-0.15, -0.1) is 0 Å². The molecule has 0 aliphatic carbocycles. The number of hydrogen-bond donors (Lipinski definition) is 0. The summed E-state index contributed by atoms with van der Waals surface area (Å²) in [6.07, 6.45) is 0.913. The van der Waals surface area contributed by atoms with Gasteiger partial charge in [0, 0.05) is 6.20 Å². The molecule has 3 aromatic rings. The molecule has 0 saturated heterocycles. The zero-order chi connectivity index (χ0) is 15.5. The fraction of sp³-hybridized carbons (Fsp3) is 0.188. The molecule has 2 heterocycles. The zero-order valence-electron chi connectivity index (χ0n) is 12.1. The van der Waals surface area contributed by atoms with E-state index in [1.807, 2.05) is 30.3 Å². The maximum atomic E-state index is 12.6. The van der Waals surface area contributed by atoms with E-state index in [1.54, 1.807) is 25.3 Å². The van der Waals surface area contributed by atoms with Crippen molar-refractivity contribution in [2.45, 2.75) is 13.5 Å². The second kappa shape index (κ2) is 5.85. The topological polar surface area (TPSA) is 66.1 Å². The molecule has 2 aromatic heterocycles. The van der Waals surface area contributed by atoms with Crippen LogP contribution in [0.15, 0.2) is 53.5 Å². The van der Waals surface area contributed by atoms with Crippen LogP contribution in [0.1, 0.15) is 12.5 Å². The Bertz CT molecular complexity index is 865. The van der Waals surface area contributed by atoms with Crippen molar-refractivity contribution in [3.8, 4) is 0 Å². The average Bonchev–Trinajstić information content (AvgIpc) is 2.81. The lowest BCUT2D eigenvalue weighted by molar-refractivity contribution is 0.154. The third-order valence-corrected chi connectivity index (χ3v) is 3.32. The van der Waals surface area contributed by atoms with Crippen LogP contribution in [0, 0.1) is 0 Å². The van der Waals surface area contributed by atoms with Gasteiger partial charge in [-0.3, -0.25) is 4.57 Å². The Morgan fingerprint density at radius 2 is 1.95 bits per heavy atom. The van der Waals surface area contributed by atoms with Crippen LogP contribution in [0.25, 0.3) is 11.2 Å². The monoisotopic (exact) mass is 297 g/mol. The largest absolute Gasteiger partial charge is 0.449 e. The van der Waals surface area contributed by atoms with Crippen molar-refractivity contribution in [2.75, 3.05) is 6.61 Å². The predicted octanol–water partition coefficient (Wildman–Crippen LogP) is 2.25. The first-order chi connectivity index (χ1) is 10.7. The lowest BCUT2D eigenvalue weighted by Gasteiger charge is -2.02. The summed E-state index contributed by atoms with van der Waals surface area (Å²) in [6.45, 7) is 2.25. The number of hydrogen-bond acceptors (Lipinski definition) is 4. The van der Waals surface area contributed by atoms with E-state index < -0.39 is 11.8 Å². The molecule has 0 radical (unpaired) electrons. The Morgan fingerprint density at radius 3 is 2.68 bits per heavy atom. The highest BCUT2D eigenvalue weighted by Crippen LogP contribution is 2.12. The highest BCUT2D eigenvalue weighted by atomic mass is 16.5. The maximum Gasteiger partial charge on any atom is 0.422 e. The third-order valence-electron chi connectivity index (χ3n) is 3.32. The smallest absolute Gasteiger partial charge is 0.422 e. The van der Waals surface area contributed by atoms with E-state index in [2.05, 4.69) is 4.98 Å². The molecule has 0 amide bonds. The van der Waals surface area contributed by atoms with E-state index >= 15 is 0 Å². The quantitative estimate of drug-likeness (QED) is 0.743. The van der Waals surface area contributed by atoms with Crippen LogP contribution in [-0.2, 0) is 11.3 Å². The van der Waals surface area contributed by atoms with Crippen LogP contribution < -0.4 is 5.69 Å². The van der Waals surface area contributed by atoms with Gasteiger partial charge in [-0.1, -0.05) is 30.3 Å². The number of fused-ring (bicyclic) bond motifs is 1. The van der Waals surface area contributed by atoms with Gasteiger partial charge in [0.15, 0.2) is 5.65 Å². The highest BCUT2D eigenvalue weighted by molar-refractivity contribution is 5.84. The van der Waals surface area contributed by atoms with Gasteiger partial charge in [0.05, 0.1) is 13.2 Å². The van der Waals surface area contributed by atoms with E-state index in [0.29, 0.717) is 17.7 Å². The molecule has 3 rings (SSSR count). The van der Waals surface area contributed by atoms with Gasteiger partial charge >= 0.3 is 11.8 Å². The standard InChI is InChI=1S/C16H15N3O3/c1-2-22-16(21)19-13-9-6-10-17-14(13)18(15(19)20)11-12-7-4-3-5-8-12/h3-10H,2,11H2,1H3. The Balaban J connectivity index is 2.16. The fourth-order valence-corrected chi connectivity index (χ4v) is 2.36. The third kappa shape index (κ3) is 2.39. The SMILES string of the molecule is CCOC(=O)n1c(=O)n(Cc2ccccc2)c2ncccc21. The number of benzene rings is 1. The van der Waals surface area contributed by atoms with Crippen molar-refractivity contribution in [1.82, 2.24) is 14.1 Å². The number of aromatic nitrogens is 3. The summed E-state index contributed by atoms with van der Waals surface area (Å²) >= 11 is 0. The molecule has 22 heavy (non-hydrogen) atoms. The summed E-state index contributed by atoms with van der Waals surface area (Å²) in [5, 5.41) is 0. The first-order valence-electron chi connectivity index (χ1n) is 6.99. The number of rotatable bonds is 3. The molecule has 0 saturated carbocycles. The number of ether oxygens (including phenoxy) is 1. The lowest BCUT2D eigenvalue weighted by Crippen LogP contribution is -2.30. The summed E-state index contributed by atoms with van der Waals surface area (Å²) in [4.78, 5) is 28.9. The number of carbonyl (C=O) groups is 1. The molecule has 0 aliphatic rings. The van der Waals surface area contributed by atoms with Gasteiger partial charge in [0.2, 0.25) is 0 Å². The minimum Gasteiger partial charge on any atom is -0.449 e. The summed E-state index contributed by atoms with van der Waals surface area (Å²) in [5.74, 6) is 0. The molecule has 1 aromatic carbocycles. The van der Waals surface area contributed by atoms with Crippen molar-refractivity contribution in [3.63, 3.8) is 0 Å². The molecule has 0 spiro atoms. The average molecular weight is 297 g/mol. The highest BCUT2D eigenvalue weighted by Gasteiger charge is 2.19. The molecule has 112 valence electrons. The van der Waals surface area contributed by atoms with Gasteiger partial charge in [-0.25, -0.2) is 14.6 Å². The minimum atomic E-state index is -0.683. The molecule has 0 N–H and O–H groups in total. The molecular weight excluding hydrogens is 282 g/mol. The van der Waals surface area contributed by atoms with Gasteiger partial charge < -0.3 is 4.74 Å². The van der Waals surface area contributed by atoms with Crippen molar-refractivity contribution in [2.24, 2.45) is 0 Å². The van der Waals surface area contributed by atoms with E-state index in [1.165, 1.54) is 4.57 Å². The second-order valence-electron chi connectivity index (χ2n) is 4.73. The number of nitrogens with zero attached hydrogens (tertiary/aromatic N) is 3. The van der Waals surface area contributed by atoms with Crippen molar-refractivity contribution >= 4 is 17.3 Å². The molecular formula is C16H15N3O3. The van der Waals surface area contributed by atoms with Crippen LogP contribution >= 0.6 is 0 Å². The Morgan fingerprint density at radius 1 is 1.18 bits per heavy atom. The molecule has 0 unspecified atom stereocenters. The molecule has 6 heteroatoms. The maximum absolute atomic E-state index is 12.6. The predicted molar refractivity (Wildman–Crippen MR) is 82.0 cm³/mol. The van der Waals surface area contributed by atoms with Gasteiger partial charge in [0.25, 0.3) is 0 Å². The number of carbonyl (C=O) groups excluding carboxylic acids is 1. The van der Waals surface area contributed by atoms with Crippen molar-refractivity contribution < 1.29 is 9.53 Å². The van der Waals surface area contributed by atoms with E-state index in [9.17, 15) is 9.59 Å². The molecule has 0 bridgehead atoms. The first-order valence-corrected chi connectivity index (χ1v) is 6.99. The van der Waals surface area contributed by atoms with Gasteiger partial charge in [0.1, 0.15) is 5.52 Å². The van der Waals surface area contributed by atoms with Crippen LogP contribution in [0.5, 0.6) is 0 Å². The van der Waals surface area contributed by atoms with E-state index in [0.717, 1.165) is 10.1 Å². The van der Waals surface area contributed by atoms with Crippen LogP contribution in [0.4, 0.5) is 4.79 Å². The normalized spacial score (nSPS) is 10.8. The van der Waals surface area contributed by atoms with Gasteiger partial charge in [-0.05, 0) is 24.6 Å². The Hall–Kier alpha value is -2.89. The molecule has 0 aliphatic heterocycles. The van der Waals surface area contributed by atoms with Crippen LogP contribution in [0.3, 0.4) is 0 Å². The summed E-state index contributed by atoms with van der Waals surface area (Å²) in [5.41, 5.74) is 1.42. The molecule has 0 fully saturated rings. The minimum absolute atomic E-state index is 0.205. The molecule has 6 nitrogen and oxygen atoms in total. The van der Waals surface area contributed by atoms with Crippen molar-refractivity contribution in [3.05, 3.63) is 64.7 Å². The Labute approximate surface area is 126 Å². The van der Waals surface area contributed by atoms with Crippen LogP contribution in [-0.4, -0.2) is 26.8 Å². The van der Waals surface area contributed by atoms with Crippen LogP contribution in [0.2, 0.25) is 0 Å². The zero-order valence-corrected chi connectivity index (χ0v) is 12.1. The number of imidazole rings is 1. The fourth-order valence-electron chi connectivity index (χ4n) is 2.36. The summed E-state index contributed by atoms with van der Waals surface area (Å²) in [6, 6.07) is 12.9. The lowest BCUT2D eigenvalue weighted by atomic mass is 10.2. The van der Waals surface area contributed by atoms with E-state index in [4.69, 9.17) is 4.74 Å². The second-order valence-corrected chi connectivity index (χ2v) is 4.73. The van der Waals surface area contributed by atoms with Crippen molar-refractivity contribution in [1.29, 1.82) is 0 Å². The van der Waals surface area contributed by atoms with E-state index in [-0.39, 0.29) is 6.61 Å². The number of pyridine rings is 1. The van der Waals surface area contributed by atoms with Gasteiger partial charge in [-0.2, -0.15) is 4.57 Å². The Kier molecular flexibility index (Phi) is 3.74. The molecule has 0 atom stereocenters. The summed E-state index contributed by atoms with van der Waals surface area (Å²) < 4.78 is 7.46. The first kappa shape index (κ1) is 14.1.